The lowest BCUT2D eigenvalue weighted by Gasteiger charge is -2.10. The summed E-state index contributed by atoms with van der Waals surface area (Å²) >= 11 is 3.57. The number of halogens is 1. The van der Waals surface area contributed by atoms with Crippen molar-refractivity contribution in [2.45, 2.75) is 31.5 Å². The molecule has 0 bridgehead atoms. The van der Waals surface area contributed by atoms with Crippen molar-refractivity contribution in [2.75, 3.05) is 0 Å². The molecule has 3 heteroatoms. The summed E-state index contributed by atoms with van der Waals surface area (Å²) in [6.45, 7) is 4.46. The number of aromatic nitrogens is 2. The minimum atomic E-state index is 0.603. The van der Waals surface area contributed by atoms with Crippen molar-refractivity contribution in [2.24, 2.45) is 13.0 Å². The number of nitrogens with zero attached hydrogens (tertiary/aromatic N) is 2. The van der Waals surface area contributed by atoms with Gasteiger partial charge in [-0.3, -0.25) is 4.68 Å². The average molecular weight is 245 g/mol. The monoisotopic (exact) mass is 244 g/mol. The van der Waals surface area contributed by atoms with Gasteiger partial charge in [-0.15, -0.1) is 0 Å². The van der Waals surface area contributed by atoms with Crippen LogP contribution in [0.15, 0.2) is 12.3 Å². The maximum atomic E-state index is 4.36. The van der Waals surface area contributed by atoms with Gasteiger partial charge >= 0.3 is 0 Å². The van der Waals surface area contributed by atoms with Gasteiger partial charge in [0, 0.05) is 18.1 Å². The van der Waals surface area contributed by atoms with E-state index in [-0.39, 0.29) is 0 Å². The molecule has 0 aliphatic rings. The number of aryl methyl sites for hydroxylation is 1. The molecule has 0 saturated heterocycles. The minimum absolute atomic E-state index is 0.603. The van der Waals surface area contributed by atoms with E-state index in [1.54, 1.807) is 0 Å². The second-order valence-electron chi connectivity index (χ2n) is 3.81. The number of alkyl halides is 1. The van der Waals surface area contributed by atoms with Crippen LogP contribution in [0.5, 0.6) is 0 Å². The van der Waals surface area contributed by atoms with Gasteiger partial charge in [0.25, 0.3) is 0 Å². The average Bonchev–Trinajstić information content (AvgIpc) is 2.33. The minimum Gasteiger partial charge on any atom is -0.276 e. The van der Waals surface area contributed by atoms with Crippen molar-refractivity contribution in [1.82, 2.24) is 9.78 Å². The highest BCUT2D eigenvalue weighted by Crippen LogP contribution is 2.16. The quantitative estimate of drug-likeness (QED) is 0.746. The molecule has 1 rings (SSSR count). The van der Waals surface area contributed by atoms with E-state index in [0.717, 1.165) is 6.42 Å². The van der Waals surface area contributed by atoms with Crippen molar-refractivity contribution >= 4 is 15.9 Å². The summed E-state index contributed by atoms with van der Waals surface area (Å²) in [5.74, 6) is 0.698. The summed E-state index contributed by atoms with van der Waals surface area (Å²) in [4.78, 5) is 0.603. The van der Waals surface area contributed by atoms with Gasteiger partial charge in [-0.25, -0.2) is 0 Å². The Morgan fingerprint density at radius 1 is 1.54 bits per heavy atom. The molecular formula is C10H17BrN2. The first-order valence-corrected chi connectivity index (χ1v) is 5.62. The standard InChI is InChI=1S/C10H17BrN2/c1-8(6-9(2)11)7-10-4-5-13(3)12-10/h4-5,8-9H,6-7H2,1-3H3. The van der Waals surface area contributed by atoms with Crippen LogP contribution in [0.2, 0.25) is 0 Å². The van der Waals surface area contributed by atoms with E-state index >= 15 is 0 Å². The summed E-state index contributed by atoms with van der Waals surface area (Å²) in [6, 6.07) is 2.09. The normalized spacial score (nSPS) is 15.7. The molecule has 0 N–H and O–H groups in total. The Morgan fingerprint density at radius 3 is 2.69 bits per heavy atom. The van der Waals surface area contributed by atoms with E-state index in [4.69, 9.17) is 0 Å². The number of hydrogen-bond donors (Lipinski definition) is 0. The third-order valence-electron chi connectivity index (χ3n) is 2.05. The Hall–Kier alpha value is -0.310. The first kappa shape index (κ1) is 10.8. The van der Waals surface area contributed by atoms with Crippen LogP contribution in [-0.4, -0.2) is 14.6 Å². The summed E-state index contributed by atoms with van der Waals surface area (Å²) in [5.41, 5.74) is 1.20. The molecule has 0 amide bonds. The van der Waals surface area contributed by atoms with Crippen LogP contribution >= 0.6 is 15.9 Å². The van der Waals surface area contributed by atoms with Crippen molar-refractivity contribution in [3.63, 3.8) is 0 Å². The predicted octanol–water partition coefficient (Wildman–Crippen LogP) is 2.77. The molecule has 2 atom stereocenters. The Morgan fingerprint density at radius 2 is 2.23 bits per heavy atom. The molecule has 0 saturated carbocycles. The molecular weight excluding hydrogens is 228 g/mol. The summed E-state index contributed by atoms with van der Waals surface area (Å²) < 4.78 is 1.86. The molecule has 0 aliphatic carbocycles. The summed E-state index contributed by atoms with van der Waals surface area (Å²) in [5, 5.41) is 4.36. The predicted molar refractivity (Wildman–Crippen MR) is 59.1 cm³/mol. The van der Waals surface area contributed by atoms with E-state index in [1.807, 2.05) is 17.9 Å². The highest BCUT2D eigenvalue weighted by Gasteiger charge is 2.08. The van der Waals surface area contributed by atoms with Gasteiger partial charge in [0.15, 0.2) is 0 Å². The van der Waals surface area contributed by atoms with E-state index in [1.165, 1.54) is 12.1 Å². The molecule has 0 aromatic carbocycles. The number of rotatable bonds is 4. The molecule has 2 unspecified atom stereocenters. The lowest BCUT2D eigenvalue weighted by atomic mass is 10.0. The third-order valence-corrected chi connectivity index (χ3v) is 2.43. The fourth-order valence-corrected chi connectivity index (χ4v) is 2.21. The van der Waals surface area contributed by atoms with Crippen LogP contribution in [0.1, 0.15) is 26.0 Å². The van der Waals surface area contributed by atoms with Crippen molar-refractivity contribution in [1.29, 1.82) is 0 Å². The molecule has 0 aliphatic heterocycles. The number of hydrogen-bond acceptors (Lipinski definition) is 1. The SMILES string of the molecule is CC(Br)CC(C)Cc1ccn(C)n1. The second-order valence-corrected chi connectivity index (χ2v) is 5.37. The lowest BCUT2D eigenvalue weighted by molar-refractivity contribution is 0.522. The molecule has 1 aromatic rings. The molecule has 0 radical (unpaired) electrons. The zero-order chi connectivity index (χ0) is 9.84. The molecule has 0 fully saturated rings. The molecule has 13 heavy (non-hydrogen) atoms. The third kappa shape index (κ3) is 3.94. The van der Waals surface area contributed by atoms with Crippen LogP contribution in [0.4, 0.5) is 0 Å². The van der Waals surface area contributed by atoms with Crippen molar-refractivity contribution < 1.29 is 0 Å². The highest BCUT2D eigenvalue weighted by atomic mass is 79.9. The van der Waals surface area contributed by atoms with Gasteiger partial charge in [-0.1, -0.05) is 29.8 Å². The van der Waals surface area contributed by atoms with Gasteiger partial charge in [0.05, 0.1) is 5.69 Å². The van der Waals surface area contributed by atoms with E-state index in [9.17, 15) is 0 Å². The van der Waals surface area contributed by atoms with Crippen LogP contribution in [0, 0.1) is 5.92 Å². The second kappa shape index (κ2) is 4.80. The maximum Gasteiger partial charge on any atom is 0.0627 e. The molecule has 1 aromatic heterocycles. The molecule has 1 heterocycles. The Labute approximate surface area is 88.5 Å². The van der Waals surface area contributed by atoms with E-state index in [0.29, 0.717) is 10.7 Å². The van der Waals surface area contributed by atoms with Crippen LogP contribution in [0.25, 0.3) is 0 Å². The van der Waals surface area contributed by atoms with Gasteiger partial charge in [-0.05, 0) is 24.8 Å². The largest absolute Gasteiger partial charge is 0.276 e. The Kier molecular flexibility index (Phi) is 3.97. The van der Waals surface area contributed by atoms with Gasteiger partial charge < -0.3 is 0 Å². The van der Waals surface area contributed by atoms with Gasteiger partial charge in [0.1, 0.15) is 0 Å². The van der Waals surface area contributed by atoms with Crippen LogP contribution in [0.3, 0.4) is 0 Å². The van der Waals surface area contributed by atoms with Crippen molar-refractivity contribution in [3.05, 3.63) is 18.0 Å². The highest BCUT2D eigenvalue weighted by molar-refractivity contribution is 9.09. The maximum absolute atomic E-state index is 4.36. The fraction of sp³-hybridized carbons (Fsp3) is 0.700. The van der Waals surface area contributed by atoms with Crippen LogP contribution in [-0.2, 0) is 13.5 Å². The zero-order valence-electron chi connectivity index (χ0n) is 8.50. The molecule has 74 valence electrons. The lowest BCUT2D eigenvalue weighted by Crippen LogP contribution is -2.05. The van der Waals surface area contributed by atoms with Crippen LogP contribution < -0.4 is 0 Å². The smallest absolute Gasteiger partial charge is 0.0627 e. The van der Waals surface area contributed by atoms with E-state index < -0.39 is 0 Å². The fourth-order valence-electron chi connectivity index (χ4n) is 1.57. The van der Waals surface area contributed by atoms with Gasteiger partial charge in [0.2, 0.25) is 0 Å². The van der Waals surface area contributed by atoms with Crippen molar-refractivity contribution in [3.8, 4) is 0 Å². The summed E-state index contributed by atoms with van der Waals surface area (Å²) in [6.07, 6.45) is 4.28. The topological polar surface area (TPSA) is 17.8 Å². The van der Waals surface area contributed by atoms with E-state index in [2.05, 4.69) is 40.9 Å². The Bertz CT molecular complexity index is 255. The zero-order valence-corrected chi connectivity index (χ0v) is 10.1. The molecule has 0 spiro atoms. The first-order valence-electron chi connectivity index (χ1n) is 4.70. The first-order chi connectivity index (χ1) is 6.08. The Balaban J connectivity index is 2.40. The van der Waals surface area contributed by atoms with Gasteiger partial charge in [-0.2, -0.15) is 5.10 Å². The molecule has 2 nitrogen and oxygen atoms in total. The summed E-state index contributed by atoms with van der Waals surface area (Å²) in [7, 11) is 1.96.